The highest BCUT2D eigenvalue weighted by atomic mass is 35.5. The molecular formula is C13H12ClN3O5S. The van der Waals surface area contributed by atoms with Crippen molar-refractivity contribution in [3.63, 3.8) is 0 Å². The highest BCUT2D eigenvalue weighted by molar-refractivity contribution is 7.89. The Morgan fingerprint density at radius 2 is 1.96 bits per heavy atom. The SMILES string of the molecule is COc1ccc(Nc2ccc(Cl)cc2[N+](=O)[O-])cc1S(N)(=O)=O. The standard InChI is InChI=1S/C13H12ClN3O5S/c1-22-12-5-3-9(7-13(12)23(15,20)21)16-10-4-2-8(14)6-11(10)17(18)19/h2-7,16H,1H3,(H2,15,20,21). The normalized spacial score (nSPS) is 11.1. The molecule has 3 N–H and O–H groups in total. The van der Waals surface area contributed by atoms with Crippen LogP contribution >= 0.6 is 11.6 Å². The molecule has 122 valence electrons. The Hall–Kier alpha value is -2.36. The number of methoxy groups -OCH3 is 1. The number of rotatable bonds is 5. The van der Waals surface area contributed by atoms with Gasteiger partial charge >= 0.3 is 0 Å². The first-order valence-electron chi connectivity index (χ1n) is 6.14. The van der Waals surface area contributed by atoms with Gasteiger partial charge in [-0.15, -0.1) is 0 Å². The molecule has 0 aliphatic carbocycles. The van der Waals surface area contributed by atoms with Gasteiger partial charge in [-0.1, -0.05) is 11.6 Å². The summed E-state index contributed by atoms with van der Waals surface area (Å²) in [5.74, 6) is 0.0728. The molecule has 0 radical (unpaired) electrons. The van der Waals surface area contributed by atoms with E-state index in [1.54, 1.807) is 0 Å². The second-order valence-corrected chi connectivity index (χ2v) is 6.42. The number of halogens is 1. The molecule has 0 aromatic heterocycles. The number of primary sulfonamides is 1. The van der Waals surface area contributed by atoms with Gasteiger partial charge in [0, 0.05) is 16.8 Å². The van der Waals surface area contributed by atoms with Gasteiger partial charge in [0.1, 0.15) is 16.3 Å². The Bertz CT molecular complexity index is 870. The number of anilines is 2. The van der Waals surface area contributed by atoms with E-state index in [2.05, 4.69) is 5.32 Å². The maximum Gasteiger partial charge on any atom is 0.294 e. The van der Waals surface area contributed by atoms with E-state index < -0.39 is 14.9 Å². The molecule has 0 amide bonds. The Kier molecular flexibility index (Phi) is 4.73. The van der Waals surface area contributed by atoms with Crippen molar-refractivity contribution in [2.75, 3.05) is 12.4 Å². The second-order valence-electron chi connectivity index (χ2n) is 4.45. The highest BCUT2D eigenvalue weighted by Crippen LogP contribution is 2.32. The van der Waals surface area contributed by atoms with E-state index in [0.717, 1.165) is 0 Å². The summed E-state index contributed by atoms with van der Waals surface area (Å²) >= 11 is 5.74. The lowest BCUT2D eigenvalue weighted by molar-refractivity contribution is -0.383. The van der Waals surface area contributed by atoms with Gasteiger partial charge < -0.3 is 10.1 Å². The summed E-state index contributed by atoms with van der Waals surface area (Å²) in [6, 6.07) is 8.21. The largest absolute Gasteiger partial charge is 0.495 e. The fraction of sp³-hybridized carbons (Fsp3) is 0.0769. The maximum atomic E-state index is 11.6. The molecule has 0 aliphatic rings. The average molecular weight is 358 g/mol. The molecule has 2 aromatic carbocycles. The van der Waals surface area contributed by atoms with E-state index in [9.17, 15) is 18.5 Å². The lowest BCUT2D eigenvalue weighted by Gasteiger charge is -2.11. The van der Waals surface area contributed by atoms with Gasteiger partial charge in [0.25, 0.3) is 5.69 Å². The fourth-order valence-electron chi connectivity index (χ4n) is 1.89. The fourth-order valence-corrected chi connectivity index (χ4v) is 2.78. The average Bonchev–Trinajstić information content (AvgIpc) is 2.48. The number of nitrogens with zero attached hydrogens (tertiary/aromatic N) is 1. The van der Waals surface area contributed by atoms with Gasteiger partial charge in [-0.3, -0.25) is 10.1 Å². The molecule has 0 heterocycles. The molecule has 2 aromatic rings. The van der Waals surface area contributed by atoms with Crippen molar-refractivity contribution in [1.82, 2.24) is 0 Å². The van der Waals surface area contributed by atoms with Gasteiger partial charge in [-0.25, -0.2) is 13.6 Å². The summed E-state index contributed by atoms with van der Waals surface area (Å²) < 4.78 is 28.1. The van der Waals surface area contributed by atoms with Crippen LogP contribution in [0, 0.1) is 10.1 Å². The molecule has 0 bridgehead atoms. The first-order valence-corrected chi connectivity index (χ1v) is 8.06. The van der Waals surface area contributed by atoms with Crippen LogP contribution in [0.5, 0.6) is 5.75 Å². The summed E-state index contributed by atoms with van der Waals surface area (Å²) in [5.41, 5.74) is 0.204. The quantitative estimate of drug-likeness (QED) is 0.626. The number of nitro groups is 1. The van der Waals surface area contributed by atoms with Crippen molar-refractivity contribution in [3.8, 4) is 5.75 Å². The Balaban J connectivity index is 2.48. The molecule has 0 fully saturated rings. The molecule has 2 rings (SSSR count). The number of ether oxygens (including phenoxy) is 1. The summed E-state index contributed by atoms with van der Waals surface area (Å²) in [6.45, 7) is 0. The van der Waals surface area contributed by atoms with Gasteiger partial charge in [0.15, 0.2) is 0 Å². The summed E-state index contributed by atoms with van der Waals surface area (Å²) in [6.07, 6.45) is 0. The molecule has 0 atom stereocenters. The summed E-state index contributed by atoms with van der Waals surface area (Å²) in [7, 11) is -2.71. The molecule has 0 saturated carbocycles. The minimum Gasteiger partial charge on any atom is -0.495 e. The Morgan fingerprint density at radius 3 is 2.52 bits per heavy atom. The van der Waals surface area contributed by atoms with Crippen LogP contribution in [0.2, 0.25) is 5.02 Å². The predicted molar refractivity (Wildman–Crippen MR) is 85.8 cm³/mol. The minimum absolute atomic E-state index is 0.0728. The second kappa shape index (κ2) is 6.41. The van der Waals surface area contributed by atoms with Gasteiger partial charge in [-0.2, -0.15) is 0 Å². The van der Waals surface area contributed by atoms with Crippen molar-refractivity contribution in [3.05, 3.63) is 51.5 Å². The Labute approximate surface area is 137 Å². The van der Waals surface area contributed by atoms with Crippen molar-refractivity contribution in [2.45, 2.75) is 4.90 Å². The van der Waals surface area contributed by atoms with Gasteiger partial charge in [0.05, 0.1) is 12.0 Å². The lowest BCUT2D eigenvalue weighted by atomic mass is 10.2. The number of nitro benzene ring substituents is 1. The maximum absolute atomic E-state index is 11.6. The van der Waals surface area contributed by atoms with Crippen LogP contribution in [0.15, 0.2) is 41.3 Å². The predicted octanol–water partition coefficient (Wildman–Crippen LogP) is 2.65. The van der Waals surface area contributed by atoms with Crippen molar-refractivity contribution in [1.29, 1.82) is 0 Å². The van der Waals surface area contributed by atoms with Crippen LogP contribution in [0.1, 0.15) is 0 Å². The van der Waals surface area contributed by atoms with E-state index in [1.165, 1.54) is 43.5 Å². The summed E-state index contributed by atoms with van der Waals surface area (Å²) in [4.78, 5) is 10.2. The number of nitrogens with two attached hydrogens (primary N) is 1. The third kappa shape index (κ3) is 3.89. The zero-order valence-corrected chi connectivity index (χ0v) is 13.4. The molecule has 8 nitrogen and oxygen atoms in total. The van der Waals surface area contributed by atoms with Crippen molar-refractivity contribution >= 4 is 38.7 Å². The monoisotopic (exact) mass is 357 g/mol. The van der Waals surface area contributed by atoms with E-state index in [0.29, 0.717) is 5.69 Å². The number of sulfonamides is 1. The summed E-state index contributed by atoms with van der Waals surface area (Å²) in [5, 5.41) is 19.2. The number of hydrogen-bond acceptors (Lipinski definition) is 6. The molecule has 10 heteroatoms. The smallest absolute Gasteiger partial charge is 0.294 e. The minimum atomic E-state index is -4.01. The van der Waals surface area contributed by atoms with Crippen LogP contribution in [0.25, 0.3) is 0 Å². The zero-order chi connectivity index (χ0) is 17.2. The molecule has 0 saturated heterocycles. The molecule has 0 aliphatic heterocycles. The van der Waals surface area contributed by atoms with Crippen LogP contribution < -0.4 is 15.2 Å². The lowest BCUT2D eigenvalue weighted by Crippen LogP contribution is -2.13. The number of nitrogens with one attached hydrogen (secondary N) is 1. The van der Waals surface area contributed by atoms with Crippen molar-refractivity contribution < 1.29 is 18.1 Å². The van der Waals surface area contributed by atoms with Gasteiger partial charge in [0.2, 0.25) is 10.0 Å². The Morgan fingerprint density at radius 1 is 1.26 bits per heavy atom. The number of hydrogen-bond donors (Lipinski definition) is 2. The third-order valence-corrected chi connectivity index (χ3v) is 4.07. The highest BCUT2D eigenvalue weighted by Gasteiger charge is 2.18. The van der Waals surface area contributed by atoms with Crippen LogP contribution in [-0.4, -0.2) is 20.5 Å². The van der Waals surface area contributed by atoms with E-state index in [-0.39, 0.29) is 27.0 Å². The van der Waals surface area contributed by atoms with Gasteiger partial charge in [-0.05, 0) is 30.3 Å². The third-order valence-electron chi connectivity index (χ3n) is 2.91. The van der Waals surface area contributed by atoms with E-state index in [4.69, 9.17) is 21.5 Å². The molecule has 0 spiro atoms. The van der Waals surface area contributed by atoms with E-state index in [1.807, 2.05) is 0 Å². The van der Waals surface area contributed by atoms with Crippen LogP contribution in [0.4, 0.5) is 17.1 Å². The number of benzene rings is 2. The first-order chi connectivity index (χ1) is 10.7. The molecular weight excluding hydrogens is 346 g/mol. The topological polar surface area (TPSA) is 125 Å². The van der Waals surface area contributed by atoms with Crippen LogP contribution in [-0.2, 0) is 10.0 Å². The van der Waals surface area contributed by atoms with E-state index >= 15 is 0 Å². The molecule has 23 heavy (non-hydrogen) atoms. The first kappa shape index (κ1) is 17.0. The van der Waals surface area contributed by atoms with Crippen molar-refractivity contribution in [2.24, 2.45) is 5.14 Å². The van der Waals surface area contributed by atoms with Crippen LogP contribution in [0.3, 0.4) is 0 Å². The zero-order valence-electron chi connectivity index (χ0n) is 11.8. The molecule has 0 unspecified atom stereocenters.